The molecular weight excluding hydrogens is 198 g/mol. The molecule has 1 saturated heterocycles. The predicted octanol–water partition coefficient (Wildman–Crippen LogP) is 1.18. The lowest BCUT2D eigenvalue weighted by Gasteiger charge is -2.30. The topological polar surface area (TPSA) is 37.4 Å². The maximum absolute atomic E-state index is 11.5. The van der Waals surface area contributed by atoms with Crippen molar-refractivity contribution in [2.24, 2.45) is 5.92 Å². The second kappa shape index (κ2) is 5.39. The molecule has 0 bridgehead atoms. The van der Waals surface area contributed by atoms with Crippen LogP contribution in [0.25, 0.3) is 0 Å². The highest BCUT2D eigenvalue weighted by Crippen LogP contribution is 2.18. The van der Waals surface area contributed by atoms with Crippen LogP contribution in [-0.4, -0.2) is 41.7 Å². The summed E-state index contributed by atoms with van der Waals surface area (Å²) in [5, 5.41) is 0. The van der Waals surface area contributed by atoms with Gasteiger partial charge in [0.25, 0.3) is 0 Å². The Labute approximate surface area is 89.2 Å². The summed E-state index contributed by atoms with van der Waals surface area (Å²) in [4.78, 5) is 24.5. The monoisotopic (exact) mass is 215 g/mol. The molecule has 0 aromatic carbocycles. The average molecular weight is 215 g/mol. The molecule has 0 saturated carbocycles. The van der Waals surface area contributed by atoms with Gasteiger partial charge in [0, 0.05) is 19.0 Å². The van der Waals surface area contributed by atoms with E-state index in [2.05, 4.69) is 0 Å². The van der Waals surface area contributed by atoms with Gasteiger partial charge in [-0.25, -0.2) is 0 Å². The first-order valence-electron chi connectivity index (χ1n) is 4.92. The van der Waals surface area contributed by atoms with E-state index in [1.54, 1.807) is 18.7 Å². The molecular formula is C10H17NO2S. The number of hydrogen-bond donors (Lipinski definition) is 0. The Morgan fingerprint density at radius 3 is 2.36 bits per heavy atom. The maximum atomic E-state index is 11.5. The average Bonchev–Trinajstić information content (AvgIpc) is 2.18. The van der Waals surface area contributed by atoms with Crippen molar-refractivity contribution in [3.8, 4) is 0 Å². The number of likely N-dealkylation sites (tertiary alicyclic amines) is 1. The van der Waals surface area contributed by atoms with Crippen molar-refractivity contribution in [3.63, 3.8) is 0 Å². The summed E-state index contributed by atoms with van der Waals surface area (Å²) in [6, 6.07) is 0. The molecule has 4 heteroatoms. The van der Waals surface area contributed by atoms with Crippen LogP contribution in [-0.2, 0) is 9.59 Å². The lowest BCUT2D eigenvalue weighted by molar-refractivity contribution is -0.132. The van der Waals surface area contributed by atoms with Gasteiger partial charge in [-0.15, -0.1) is 0 Å². The van der Waals surface area contributed by atoms with Crippen LogP contribution in [0.3, 0.4) is 0 Å². The Morgan fingerprint density at radius 2 is 1.93 bits per heavy atom. The van der Waals surface area contributed by atoms with Crippen LogP contribution in [0.1, 0.15) is 19.8 Å². The van der Waals surface area contributed by atoms with E-state index in [9.17, 15) is 9.59 Å². The fourth-order valence-electron chi connectivity index (χ4n) is 1.75. The number of carbonyl (C=O) groups excluding carboxylic acids is 2. The smallest absolute Gasteiger partial charge is 0.232 e. The lowest BCUT2D eigenvalue weighted by atomic mass is 9.93. The molecule has 0 aliphatic carbocycles. The van der Waals surface area contributed by atoms with Crippen LogP contribution in [0.4, 0.5) is 0 Å². The first kappa shape index (κ1) is 11.6. The number of piperidine rings is 1. The minimum atomic E-state index is 0.188. The van der Waals surface area contributed by atoms with E-state index >= 15 is 0 Å². The Morgan fingerprint density at radius 1 is 1.36 bits per heavy atom. The van der Waals surface area contributed by atoms with Crippen LogP contribution in [0, 0.1) is 5.92 Å². The fourth-order valence-corrected chi connectivity index (χ4v) is 2.18. The third-order valence-corrected chi connectivity index (χ3v) is 3.23. The second-order valence-electron chi connectivity index (χ2n) is 3.70. The van der Waals surface area contributed by atoms with Crippen molar-refractivity contribution in [1.29, 1.82) is 0 Å². The van der Waals surface area contributed by atoms with Gasteiger partial charge in [0.2, 0.25) is 5.91 Å². The molecule has 0 atom stereocenters. The number of carbonyl (C=O) groups is 2. The summed E-state index contributed by atoms with van der Waals surface area (Å²) in [5.74, 6) is 1.22. The Hall–Kier alpha value is -0.510. The zero-order chi connectivity index (χ0) is 10.6. The summed E-state index contributed by atoms with van der Waals surface area (Å²) in [7, 11) is 0. The van der Waals surface area contributed by atoms with Crippen molar-refractivity contribution in [1.82, 2.24) is 4.90 Å². The van der Waals surface area contributed by atoms with Gasteiger partial charge in [-0.2, -0.15) is 11.8 Å². The Bertz CT molecular complexity index is 222. The molecule has 1 fully saturated rings. The zero-order valence-electron chi connectivity index (χ0n) is 8.78. The summed E-state index contributed by atoms with van der Waals surface area (Å²) in [6.07, 6.45) is 3.62. The van der Waals surface area contributed by atoms with Crippen molar-refractivity contribution in [3.05, 3.63) is 0 Å². The van der Waals surface area contributed by atoms with Crippen molar-refractivity contribution < 1.29 is 9.59 Å². The van der Waals surface area contributed by atoms with E-state index in [1.165, 1.54) is 0 Å². The third kappa shape index (κ3) is 3.01. The number of hydrogen-bond acceptors (Lipinski definition) is 3. The summed E-state index contributed by atoms with van der Waals surface area (Å²) >= 11 is 1.55. The first-order chi connectivity index (χ1) is 6.65. The second-order valence-corrected chi connectivity index (χ2v) is 4.56. The molecule has 0 aromatic heterocycles. The third-order valence-electron chi connectivity index (χ3n) is 2.69. The molecule has 1 aliphatic rings. The van der Waals surface area contributed by atoms with Crippen LogP contribution < -0.4 is 0 Å². The molecule has 0 N–H and O–H groups in total. The predicted molar refractivity (Wildman–Crippen MR) is 58.4 cm³/mol. The van der Waals surface area contributed by atoms with E-state index in [4.69, 9.17) is 0 Å². The number of rotatable bonds is 3. The van der Waals surface area contributed by atoms with Gasteiger partial charge in [-0.3, -0.25) is 9.59 Å². The summed E-state index contributed by atoms with van der Waals surface area (Å²) in [6.45, 7) is 3.15. The number of ketones is 1. The van der Waals surface area contributed by atoms with E-state index in [-0.39, 0.29) is 17.6 Å². The van der Waals surface area contributed by atoms with Crippen LogP contribution >= 0.6 is 11.8 Å². The fraction of sp³-hybridized carbons (Fsp3) is 0.800. The van der Waals surface area contributed by atoms with Gasteiger partial charge in [0.15, 0.2) is 0 Å². The van der Waals surface area contributed by atoms with E-state index in [1.807, 2.05) is 11.2 Å². The van der Waals surface area contributed by atoms with Crippen molar-refractivity contribution >= 4 is 23.5 Å². The van der Waals surface area contributed by atoms with Crippen molar-refractivity contribution in [2.45, 2.75) is 19.8 Å². The number of amides is 1. The summed E-state index contributed by atoms with van der Waals surface area (Å²) < 4.78 is 0. The van der Waals surface area contributed by atoms with Crippen LogP contribution in [0.15, 0.2) is 0 Å². The molecule has 0 aromatic rings. The highest BCUT2D eigenvalue weighted by atomic mass is 32.2. The standard InChI is InChI=1S/C10H17NO2S/c1-8(12)9-3-5-11(6-4-9)10(13)7-14-2/h9H,3-7H2,1-2H3. The van der Waals surface area contributed by atoms with Gasteiger partial charge in [0.1, 0.15) is 5.78 Å². The molecule has 80 valence electrons. The van der Waals surface area contributed by atoms with Crippen LogP contribution in [0.2, 0.25) is 0 Å². The Kier molecular flexibility index (Phi) is 4.45. The zero-order valence-corrected chi connectivity index (χ0v) is 9.60. The van der Waals surface area contributed by atoms with Crippen LogP contribution in [0.5, 0.6) is 0 Å². The first-order valence-corrected chi connectivity index (χ1v) is 6.31. The Balaban J connectivity index is 2.35. The molecule has 1 aliphatic heterocycles. The minimum absolute atomic E-state index is 0.188. The van der Waals surface area contributed by atoms with E-state index in [0.717, 1.165) is 25.9 Å². The molecule has 1 heterocycles. The largest absolute Gasteiger partial charge is 0.342 e. The molecule has 0 spiro atoms. The van der Waals surface area contributed by atoms with Crippen molar-refractivity contribution in [2.75, 3.05) is 25.1 Å². The number of nitrogens with zero attached hydrogens (tertiary/aromatic N) is 1. The molecule has 14 heavy (non-hydrogen) atoms. The van der Waals surface area contributed by atoms with Gasteiger partial charge in [-0.1, -0.05) is 0 Å². The van der Waals surface area contributed by atoms with Gasteiger partial charge in [-0.05, 0) is 26.0 Å². The summed E-state index contributed by atoms with van der Waals surface area (Å²) in [5.41, 5.74) is 0. The molecule has 0 radical (unpaired) electrons. The maximum Gasteiger partial charge on any atom is 0.232 e. The highest BCUT2D eigenvalue weighted by Gasteiger charge is 2.24. The minimum Gasteiger partial charge on any atom is -0.342 e. The van der Waals surface area contributed by atoms with Gasteiger partial charge < -0.3 is 4.90 Å². The normalized spacial score (nSPS) is 18.3. The van der Waals surface area contributed by atoms with Gasteiger partial charge in [0.05, 0.1) is 5.75 Å². The van der Waals surface area contributed by atoms with E-state index in [0.29, 0.717) is 5.75 Å². The van der Waals surface area contributed by atoms with Gasteiger partial charge >= 0.3 is 0 Å². The quantitative estimate of drug-likeness (QED) is 0.709. The highest BCUT2D eigenvalue weighted by molar-refractivity contribution is 7.99. The lowest BCUT2D eigenvalue weighted by Crippen LogP contribution is -2.40. The molecule has 3 nitrogen and oxygen atoms in total. The molecule has 1 amide bonds. The molecule has 1 rings (SSSR count). The SMILES string of the molecule is CSCC(=O)N1CCC(C(C)=O)CC1. The number of Topliss-reactive ketones (excluding diaryl/α,β-unsaturated/α-hetero) is 1. The van der Waals surface area contributed by atoms with E-state index < -0.39 is 0 Å². The molecule has 0 unspecified atom stereocenters. The number of thioether (sulfide) groups is 1.